The zero-order valence-electron chi connectivity index (χ0n) is 21.4. The summed E-state index contributed by atoms with van der Waals surface area (Å²) in [7, 11) is 0. The molecular weight excluding hydrogens is 486 g/mol. The Morgan fingerprint density at radius 3 is 2.58 bits per heavy atom. The van der Waals surface area contributed by atoms with Crippen LogP contribution in [0.1, 0.15) is 53.2 Å². The molecule has 0 unspecified atom stereocenters. The van der Waals surface area contributed by atoms with Crippen molar-refractivity contribution in [3.63, 3.8) is 0 Å². The highest BCUT2D eigenvalue weighted by molar-refractivity contribution is 5.95. The van der Waals surface area contributed by atoms with Crippen LogP contribution >= 0.6 is 0 Å². The van der Waals surface area contributed by atoms with E-state index >= 15 is 0 Å². The van der Waals surface area contributed by atoms with Crippen LogP contribution in [0.25, 0.3) is 11.1 Å². The van der Waals surface area contributed by atoms with Gasteiger partial charge in [0.2, 0.25) is 11.9 Å². The number of carbonyl (C=O) groups is 1. The second-order valence-electron chi connectivity index (χ2n) is 9.73. The first-order valence-corrected chi connectivity index (χ1v) is 12.5. The summed E-state index contributed by atoms with van der Waals surface area (Å²) in [6.07, 6.45) is 4.45. The molecule has 0 saturated heterocycles. The summed E-state index contributed by atoms with van der Waals surface area (Å²) in [4.78, 5) is 25.5. The van der Waals surface area contributed by atoms with E-state index in [2.05, 4.69) is 50.8 Å². The molecule has 0 saturated carbocycles. The number of hydrogen-bond donors (Lipinski definition) is 3. The first kappa shape index (κ1) is 25.3. The second kappa shape index (κ2) is 10.5. The van der Waals surface area contributed by atoms with Crippen molar-refractivity contribution in [1.82, 2.24) is 20.3 Å². The van der Waals surface area contributed by atoms with Crippen molar-refractivity contribution in [2.75, 3.05) is 17.2 Å². The van der Waals surface area contributed by atoms with Crippen LogP contribution < -0.4 is 16.0 Å². The minimum Gasteiger partial charge on any atom is -0.352 e. The van der Waals surface area contributed by atoms with E-state index in [0.29, 0.717) is 29.9 Å². The maximum atomic E-state index is 14.9. The van der Waals surface area contributed by atoms with Crippen molar-refractivity contribution in [3.8, 4) is 11.1 Å². The van der Waals surface area contributed by atoms with E-state index in [1.165, 1.54) is 24.4 Å². The number of halogens is 2. The molecule has 1 amide bonds. The lowest BCUT2D eigenvalue weighted by Crippen LogP contribution is -2.25. The predicted molar refractivity (Wildman–Crippen MR) is 144 cm³/mol. The lowest BCUT2D eigenvalue weighted by molar-refractivity contribution is 0.0949. The lowest BCUT2D eigenvalue weighted by atomic mass is 10.0. The maximum Gasteiger partial charge on any atom is 0.254 e. The summed E-state index contributed by atoms with van der Waals surface area (Å²) in [5.74, 6) is -0.953. The van der Waals surface area contributed by atoms with E-state index in [1.807, 2.05) is 19.1 Å². The molecule has 2 aliphatic rings. The molecule has 194 valence electrons. The van der Waals surface area contributed by atoms with Gasteiger partial charge in [-0.15, -0.1) is 0 Å². The third kappa shape index (κ3) is 5.46. The van der Waals surface area contributed by atoms with Crippen LogP contribution in [0.15, 0.2) is 54.9 Å². The van der Waals surface area contributed by atoms with Crippen LogP contribution in [-0.4, -0.2) is 27.4 Å². The van der Waals surface area contributed by atoms with Crippen molar-refractivity contribution in [3.05, 3.63) is 88.9 Å². The highest BCUT2D eigenvalue weighted by atomic mass is 19.1. The van der Waals surface area contributed by atoms with Crippen LogP contribution in [0, 0.1) is 18.7 Å². The highest BCUT2D eigenvalue weighted by Crippen LogP contribution is 2.30. The molecule has 3 N–H and O–H groups in total. The highest BCUT2D eigenvalue weighted by Gasteiger charge is 2.16. The van der Waals surface area contributed by atoms with Gasteiger partial charge >= 0.3 is 0 Å². The normalized spacial score (nSPS) is 13.5. The van der Waals surface area contributed by atoms with Gasteiger partial charge in [-0.25, -0.2) is 14.4 Å². The minimum absolute atomic E-state index is 0.0419. The second-order valence-corrected chi connectivity index (χ2v) is 9.73. The number of hydrogen-bond acceptors (Lipinski definition) is 6. The number of rotatable bonds is 1. The molecule has 8 bridgehead atoms. The molecule has 0 spiro atoms. The number of aryl methyl sites for hydroxylation is 2. The zero-order chi connectivity index (χ0) is 26.8. The molecule has 4 aromatic rings. The van der Waals surface area contributed by atoms with Crippen LogP contribution in [0.4, 0.5) is 31.9 Å². The zero-order valence-corrected chi connectivity index (χ0v) is 21.4. The molecule has 4 heterocycles. The number of pyridine rings is 1. The Labute approximate surface area is 219 Å². The van der Waals surface area contributed by atoms with Crippen LogP contribution in [0.2, 0.25) is 0 Å². The van der Waals surface area contributed by atoms with Gasteiger partial charge in [0.05, 0.1) is 11.3 Å². The first-order valence-electron chi connectivity index (χ1n) is 12.5. The molecule has 0 aliphatic carbocycles. The Morgan fingerprint density at radius 2 is 1.79 bits per heavy atom. The summed E-state index contributed by atoms with van der Waals surface area (Å²) in [6, 6.07) is 11.9. The quantitative estimate of drug-likeness (QED) is 0.254. The first-order chi connectivity index (χ1) is 18.3. The third-order valence-electron chi connectivity index (χ3n) is 6.40. The molecule has 0 radical (unpaired) electrons. The molecule has 2 aliphatic heterocycles. The monoisotopic (exact) mass is 514 g/mol. The Hall–Kier alpha value is -4.40. The fourth-order valence-electron chi connectivity index (χ4n) is 4.47. The molecular formula is C29H28F2N6O. The molecule has 0 fully saturated rings. The van der Waals surface area contributed by atoms with Crippen LogP contribution in [0.3, 0.4) is 0 Å². The number of benzene rings is 2. The SMILES string of the molecule is Cc1cc2cc(c1)Nc1nc(ncc1C(C)C)Nc1cc(cnc1F)-c1ccc(c(F)c1)C(=O)NCCC2. The molecule has 9 heteroatoms. The molecule has 38 heavy (non-hydrogen) atoms. The molecule has 2 aromatic carbocycles. The van der Waals surface area contributed by atoms with Crippen molar-refractivity contribution in [2.24, 2.45) is 0 Å². The van der Waals surface area contributed by atoms with Gasteiger partial charge in [0.25, 0.3) is 5.91 Å². The fourth-order valence-corrected chi connectivity index (χ4v) is 4.47. The van der Waals surface area contributed by atoms with Gasteiger partial charge in [-0.05, 0) is 72.7 Å². The van der Waals surface area contributed by atoms with Gasteiger partial charge in [-0.2, -0.15) is 9.37 Å². The fraction of sp³-hybridized carbons (Fsp3) is 0.241. The topological polar surface area (TPSA) is 91.8 Å². The van der Waals surface area contributed by atoms with E-state index in [0.717, 1.165) is 28.8 Å². The predicted octanol–water partition coefficient (Wildman–Crippen LogP) is 6.41. The van der Waals surface area contributed by atoms with E-state index in [1.54, 1.807) is 12.3 Å². The average Bonchev–Trinajstić information content (AvgIpc) is 2.87. The van der Waals surface area contributed by atoms with Gasteiger partial charge < -0.3 is 16.0 Å². The minimum atomic E-state index is -0.748. The number of nitrogens with one attached hydrogen (secondary N) is 3. The van der Waals surface area contributed by atoms with Gasteiger partial charge in [-0.1, -0.05) is 26.0 Å². The number of aromatic nitrogens is 3. The standard InChI is InChI=1S/C29H28F2N6O/c1-16(2)23-15-34-29-36-25-13-20(14-33-26(25)31)19-6-7-22(24(30)12-19)28(38)32-8-4-5-18-9-17(3)10-21(11-18)35-27(23)37-29/h6-7,9-16H,4-5,8H2,1-3H3,(H,32,38)(H2,34,35,36,37). The third-order valence-corrected chi connectivity index (χ3v) is 6.40. The van der Waals surface area contributed by atoms with E-state index < -0.39 is 17.7 Å². The van der Waals surface area contributed by atoms with Crippen LogP contribution in [0.5, 0.6) is 0 Å². The van der Waals surface area contributed by atoms with Crippen molar-refractivity contribution < 1.29 is 13.6 Å². The summed E-state index contributed by atoms with van der Waals surface area (Å²) < 4.78 is 29.6. The average molecular weight is 515 g/mol. The van der Waals surface area contributed by atoms with E-state index in [-0.39, 0.29) is 23.1 Å². The summed E-state index contributed by atoms with van der Waals surface area (Å²) in [6.45, 7) is 6.52. The summed E-state index contributed by atoms with van der Waals surface area (Å²) in [5, 5.41) is 9.13. The summed E-state index contributed by atoms with van der Waals surface area (Å²) in [5.41, 5.74) is 4.85. The number of fused-ring (bicyclic) bond motifs is 6. The van der Waals surface area contributed by atoms with E-state index in [9.17, 15) is 13.6 Å². The molecule has 2 aromatic heterocycles. The number of amides is 1. The van der Waals surface area contributed by atoms with Gasteiger partial charge in [0.15, 0.2) is 0 Å². The molecule has 7 nitrogen and oxygen atoms in total. The van der Waals surface area contributed by atoms with Crippen molar-refractivity contribution >= 4 is 29.0 Å². The van der Waals surface area contributed by atoms with Crippen molar-refractivity contribution in [2.45, 2.75) is 39.5 Å². The van der Waals surface area contributed by atoms with Gasteiger partial charge in [0.1, 0.15) is 11.6 Å². The largest absolute Gasteiger partial charge is 0.352 e. The number of anilines is 4. The van der Waals surface area contributed by atoms with Gasteiger partial charge in [-0.3, -0.25) is 4.79 Å². The van der Waals surface area contributed by atoms with Gasteiger partial charge in [0, 0.05) is 35.8 Å². The maximum absolute atomic E-state index is 14.9. The summed E-state index contributed by atoms with van der Waals surface area (Å²) >= 11 is 0. The van der Waals surface area contributed by atoms with Crippen LogP contribution in [-0.2, 0) is 6.42 Å². The van der Waals surface area contributed by atoms with E-state index in [4.69, 9.17) is 0 Å². The molecule has 0 atom stereocenters. The lowest BCUT2D eigenvalue weighted by Gasteiger charge is -2.17. The number of nitrogens with zero attached hydrogens (tertiary/aromatic N) is 3. The molecule has 6 rings (SSSR count). The van der Waals surface area contributed by atoms with Crippen molar-refractivity contribution in [1.29, 1.82) is 0 Å². The Morgan fingerprint density at radius 1 is 0.947 bits per heavy atom. The Balaban J connectivity index is 1.60. The number of carbonyl (C=O) groups excluding carboxylic acids is 1. The Bertz CT molecular complexity index is 1520. The smallest absolute Gasteiger partial charge is 0.254 e. The Kier molecular flexibility index (Phi) is 7.00.